The van der Waals surface area contributed by atoms with Gasteiger partial charge in [0.1, 0.15) is 0 Å². The van der Waals surface area contributed by atoms with E-state index in [1.807, 2.05) is 44.2 Å². The van der Waals surface area contributed by atoms with E-state index in [-0.39, 0.29) is 5.91 Å². The van der Waals surface area contributed by atoms with E-state index in [0.717, 1.165) is 40.8 Å². The maximum atomic E-state index is 12.6. The van der Waals surface area contributed by atoms with Gasteiger partial charge >= 0.3 is 0 Å². The first-order valence-corrected chi connectivity index (χ1v) is 10.5. The number of nitrogens with zero attached hydrogens (tertiary/aromatic N) is 2. The minimum absolute atomic E-state index is 0.0194. The van der Waals surface area contributed by atoms with Crippen LogP contribution in [0, 0.1) is 20.8 Å². The van der Waals surface area contributed by atoms with Crippen LogP contribution in [0.2, 0.25) is 0 Å². The molecule has 2 aromatic rings. The summed E-state index contributed by atoms with van der Waals surface area (Å²) in [4.78, 5) is 19.6. The highest BCUT2D eigenvalue weighted by atomic mass is 32.2. The number of carbonyl (C=O) groups excluding carboxylic acids is 1. The van der Waals surface area contributed by atoms with Gasteiger partial charge in [0.25, 0.3) is 0 Å². The van der Waals surface area contributed by atoms with E-state index in [2.05, 4.69) is 29.3 Å². The Bertz CT molecular complexity index is 823. The van der Waals surface area contributed by atoms with Crippen molar-refractivity contribution in [2.75, 3.05) is 37.4 Å². The number of aryl methyl sites for hydroxylation is 3. The van der Waals surface area contributed by atoms with Crippen molar-refractivity contribution in [2.45, 2.75) is 20.8 Å². The van der Waals surface area contributed by atoms with Crippen molar-refractivity contribution in [3.8, 4) is 0 Å². The first-order valence-electron chi connectivity index (χ1n) is 9.50. The summed E-state index contributed by atoms with van der Waals surface area (Å²) in [6.45, 7) is 9.06. The minimum atomic E-state index is -0.0194. The van der Waals surface area contributed by atoms with Gasteiger partial charge in [0, 0.05) is 18.8 Å². The van der Waals surface area contributed by atoms with Crippen LogP contribution in [-0.2, 0) is 9.53 Å². The summed E-state index contributed by atoms with van der Waals surface area (Å²) >= 11 is 1.47. The van der Waals surface area contributed by atoms with Crippen molar-refractivity contribution >= 4 is 34.2 Å². The molecule has 0 radical (unpaired) electrons. The number of carbonyl (C=O) groups is 1. The predicted octanol–water partition coefficient (Wildman–Crippen LogP) is 4.30. The molecule has 148 valence electrons. The molecule has 3 rings (SSSR count). The van der Waals surface area contributed by atoms with Crippen LogP contribution in [0.15, 0.2) is 47.5 Å². The lowest BCUT2D eigenvalue weighted by molar-refractivity contribution is -0.113. The highest BCUT2D eigenvalue weighted by Gasteiger charge is 2.18. The number of thioether (sulfide) groups is 1. The van der Waals surface area contributed by atoms with Gasteiger partial charge in [0.05, 0.1) is 24.7 Å². The number of para-hydroxylation sites is 1. The number of hydrogen-bond acceptors (Lipinski definition) is 4. The number of benzene rings is 2. The van der Waals surface area contributed by atoms with Gasteiger partial charge in [0.2, 0.25) is 5.91 Å². The van der Waals surface area contributed by atoms with E-state index in [9.17, 15) is 4.79 Å². The van der Waals surface area contributed by atoms with E-state index < -0.39 is 0 Å². The molecular formula is C22H27N3O2S. The van der Waals surface area contributed by atoms with Crippen LogP contribution in [0.25, 0.3) is 0 Å². The molecule has 5 nitrogen and oxygen atoms in total. The fraction of sp³-hybridized carbons (Fsp3) is 0.364. The average molecular weight is 398 g/mol. The highest BCUT2D eigenvalue weighted by Crippen LogP contribution is 2.23. The fourth-order valence-electron chi connectivity index (χ4n) is 3.24. The van der Waals surface area contributed by atoms with Crippen molar-refractivity contribution < 1.29 is 9.53 Å². The normalized spacial score (nSPS) is 14.8. The standard InChI is InChI=1S/C22H27N3O2S/c1-16-13-17(2)21(18(3)14-16)24-20(26)15-28-22(25-9-11-27-12-10-25)23-19-7-5-4-6-8-19/h4-8,13-14H,9-12,15H2,1-3H3,(H,24,26). The molecule has 1 fully saturated rings. The van der Waals surface area contributed by atoms with Gasteiger partial charge in [-0.1, -0.05) is 47.7 Å². The molecule has 0 bridgehead atoms. The Morgan fingerprint density at radius 2 is 1.75 bits per heavy atom. The van der Waals surface area contributed by atoms with Crippen LogP contribution >= 0.6 is 11.8 Å². The first-order chi connectivity index (χ1) is 13.5. The Morgan fingerprint density at radius 3 is 2.39 bits per heavy atom. The van der Waals surface area contributed by atoms with Gasteiger partial charge in [-0.3, -0.25) is 4.79 Å². The molecule has 1 aliphatic heterocycles. The zero-order valence-electron chi connectivity index (χ0n) is 16.7. The molecular weight excluding hydrogens is 370 g/mol. The van der Waals surface area contributed by atoms with Gasteiger partial charge in [-0.25, -0.2) is 4.99 Å². The SMILES string of the molecule is Cc1cc(C)c(NC(=O)CSC(=Nc2ccccc2)N2CCOCC2)c(C)c1. The van der Waals surface area contributed by atoms with Crippen LogP contribution in [0.5, 0.6) is 0 Å². The molecule has 1 heterocycles. The molecule has 6 heteroatoms. The second kappa shape index (κ2) is 9.75. The topological polar surface area (TPSA) is 53.9 Å². The molecule has 0 aromatic heterocycles. The lowest BCUT2D eigenvalue weighted by Crippen LogP contribution is -2.39. The molecule has 1 N–H and O–H groups in total. The van der Waals surface area contributed by atoms with Gasteiger partial charge in [-0.15, -0.1) is 0 Å². The van der Waals surface area contributed by atoms with Crippen LogP contribution < -0.4 is 5.32 Å². The summed E-state index contributed by atoms with van der Waals surface area (Å²) in [6.07, 6.45) is 0. The van der Waals surface area contributed by atoms with Crippen molar-refractivity contribution in [2.24, 2.45) is 4.99 Å². The van der Waals surface area contributed by atoms with Crippen LogP contribution in [0.4, 0.5) is 11.4 Å². The minimum Gasteiger partial charge on any atom is -0.378 e. The Hall–Kier alpha value is -2.31. The monoisotopic (exact) mass is 397 g/mol. The van der Waals surface area contributed by atoms with E-state index in [1.165, 1.54) is 17.3 Å². The maximum Gasteiger partial charge on any atom is 0.234 e. The molecule has 0 aliphatic carbocycles. The number of amides is 1. The maximum absolute atomic E-state index is 12.6. The number of anilines is 1. The Morgan fingerprint density at radius 1 is 1.11 bits per heavy atom. The quantitative estimate of drug-likeness (QED) is 0.617. The molecule has 0 unspecified atom stereocenters. The molecule has 0 spiro atoms. The van der Waals surface area contributed by atoms with Crippen molar-refractivity contribution in [3.63, 3.8) is 0 Å². The Kier molecular flexibility index (Phi) is 7.12. The molecule has 1 aliphatic rings. The molecule has 0 saturated carbocycles. The van der Waals surface area contributed by atoms with Gasteiger partial charge in [-0.05, 0) is 44.0 Å². The summed E-state index contributed by atoms with van der Waals surface area (Å²) in [5, 5.41) is 3.93. The highest BCUT2D eigenvalue weighted by molar-refractivity contribution is 8.14. The summed E-state index contributed by atoms with van der Waals surface area (Å²) in [7, 11) is 0. The lowest BCUT2D eigenvalue weighted by Gasteiger charge is -2.29. The summed E-state index contributed by atoms with van der Waals surface area (Å²) < 4.78 is 5.46. The molecule has 2 aromatic carbocycles. The number of ether oxygens (including phenoxy) is 1. The largest absolute Gasteiger partial charge is 0.378 e. The summed E-state index contributed by atoms with van der Waals surface area (Å²) in [5.41, 5.74) is 5.17. The first kappa shape index (κ1) is 20.4. The third kappa shape index (κ3) is 5.59. The summed E-state index contributed by atoms with van der Waals surface area (Å²) in [5.74, 6) is 0.296. The number of nitrogens with one attached hydrogen (secondary N) is 1. The zero-order valence-corrected chi connectivity index (χ0v) is 17.5. The number of rotatable bonds is 4. The number of amidine groups is 1. The predicted molar refractivity (Wildman–Crippen MR) is 118 cm³/mol. The van der Waals surface area contributed by atoms with Crippen molar-refractivity contribution in [1.29, 1.82) is 0 Å². The van der Waals surface area contributed by atoms with Crippen LogP contribution in [0.3, 0.4) is 0 Å². The van der Waals surface area contributed by atoms with Crippen LogP contribution in [-0.4, -0.2) is 48.0 Å². The molecule has 0 atom stereocenters. The van der Waals surface area contributed by atoms with Gasteiger partial charge < -0.3 is 15.0 Å². The smallest absolute Gasteiger partial charge is 0.234 e. The van der Waals surface area contributed by atoms with Crippen molar-refractivity contribution in [3.05, 3.63) is 59.2 Å². The lowest BCUT2D eigenvalue weighted by atomic mass is 10.1. The Balaban J connectivity index is 1.69. The third-order valence-corrected chi connectivity index (χ3v) is 5.55. The Labute approximate surface area is 171 Å². The molecule has 1 saturated heterocycles. The molecule has 28 heavy (non-hydrogen) atoms. The van der Waals surface area contributed by atoms with Crippen molar-refractivity contribution in [1.82, 2.24) is 4.90 Å². The summed E-state index contributed by atoms with van der Waals surface area (Å²) in [6, 6.07) is 14.0. The second-order valence-electron chi connectivity index (χ2n) is 6.94. The number of aliphatic imine (C=N–C) groups is 1. The molecule has 1 amide bonds. The van der Waals surface area contributed by atoms with E-state index in [4.69, 9.17) is 9.73 Å². The number of morpholine rings is 1. The van der Waals surface area contributed by atoms with Gasteiger partial charge in [0.15, 0.2) is 5.17 Å². The fourth-order valence-corrected chi connectivity index (χ4v) is 4.11. The van der Waals surface area contributed by atoms with Gasteiger partial charge in [-0.2, -0.15) is 0 Å². The number of hydrogen-bond donors (Lipinski definition) is 1. The second-order valence-corrected chi connectivity index (χ2v) is 7.88. The van der Waals surface area contributed by atoms with Crippen LogP contribution in [0.1, 0.15) is 16.7 Å². The van der Waals surface area contributed by atoms with E-state index >= 15 is 0 Å². The third-order valence-electron chi connectivity index (χ3n) is 4.54. The van der Waals surface area contributed by atoms with E-state index in [1.54, 1.807) is 0 Å². The average Bonchev–Trinajstić information content (AvgIpc) is 2.69. The zero-order chi connectivity index (χ0) is 19.9. The van der Waals surface area contributed by atoms with E-state index in [0.29, 0.717) is 19.0 Å².